The van der Waals surface area contributed by atoms with Gasteiger partial charge in [0.1, 0.15) is 6.33 Å². The van der Waals surface area contributed by atoms with E-state index in [4.69, 9.17) is 0 Å². The molecule has 1 amide bonds. The Kier molecular flexibility index (Phi) is 6.38. The molecule has 0 aliphatic carbocycles. The first kappa shape index (κ1) is 21.1. The van der Waals surface area contributed by atoms with E-state index in [1.54, 1.807) is 40.7 Å². The van der Waals surface area contributed by atoms with Crippen LogP contribution in [0.5, 0.6) is 0 Å². The highest BCUT2D eigenvalue weighted by molar-refractivity contribution is 7.89. The van der Waals surface area contributed by atoms with E-state index in [-0.39, 0.29) is 5.91 Å². The molecule has 1 aliphatic rings. The van der Waals surface area contributed by atoms with Crippen molar-refractivity contribution in [1.82, 2.24) is 24.5 Å². The maximum Gasteiger partial charge on any atom is 0.243 e. The van der Waals surface area contributed by atoms with Crippen molar-refractivity contribution >= 4 is 21.6 Å². The summed E-state index contributed by atoms with van der Waals surface area (Å²) in [6, 6.07) is 14.0. The summed E-state index contributed by atoms with van der Waals surface area (Å²) in [5, 5.41) is 13.9. The number of anilines is 1. The Labute approximate surface area is 181 Å². The van der Waals surface area contributed by atoms with Crippen LogP contribution in [0.25, 0.3) is 5.69 Å². The summed E-state index contributed by atoms with van der Waals surface area (Å²) in [6.07, 6.45) is 5.22. The summed E-state index contributed by atoms with van der Waals surface area (Å²) in [4.78, 5) is 12.6. The molecule has 9 nitrogen and oxygen atoms in total. The van der Waals surface area contributed by atoms with Gasteiger partial charge in [0.25, 0.3) is 0 Å². The van der Waals surface area contributed by atoms with Gasteiger partial charge in [0, 0.05) is 25.2 Å². The fourth-order valence-corrected chi connectivity index (χ4v) is 5.06. The van der Waals surface area contributed by atoms with Gasteiger partial charge in [-0.25, -0.2) is 13.1 Å². The number of nitrogens with zero attached hydrogens (tertiary/aromatic N) is 5. The number of carbonyl (C=O) groups is 1. The maximum absolute atomic E-state index is 12.7. The maximum atomic E-state index is 12.7. The molecular formula is C21H24N6O3S. The molecule has 162 valence electrons. The lowest BCUT2D eigenvalue weighted by Gasteiger charge is -2.25. The second-order valence-corrected chi connectivity index (χ2v) is 9.40. The monoisotopic (exact) mass is 440 g/mol. The van der Waals surface area contributed by atoms with Crippen molar-refractivity contribution in [2.24, 2.45) is 0 Å². The molecule has 2 aromatic carbocycles. The van der Waals surface area contributed by atoms with Crippen LogP contribution in [-0.2, 0) is 21.2 Å². The molecule has 4 rings (SSSR count). The highest BCUT2D eigenvalue weighted by Gasteiger charge is 2.25. The van der Waals surface area contributed by atoms with Crippen LogP contribution in [0.4, 0.5) is 5.69 Å². The van der Waals surface area contributed by atoms with Gasteiger partial charge < -0.3 is 5.32 Å². The number of aryl methyl sites for hydroxylation is 1. The van der Waals surface area contributed by atoms with Crippen LogP contribution < -0.4 is 5.32 Å². The molecule has 1 saturated heterocycles. The first-order chi connectivity index (χ1) is 15.0. The number of carbonyl (C=O) groups excluding carboxylic acids is 1. The third kappa shape index (κ3) is 5.15. The summed E-state index contributed by atoms with van der Waals surface area (Å²) < 4.78 is 28.5. The Bertz CT molecular complexity index is 1110. The number of amides is 1. The van der Waals surface area contributed by atoms with Crippen molar-refractivity contribution in [3.63, 3.8) is 0 Å². The Balaban J connectivity index is 1.30. The van der Waals surface area contributed by atoms with E-state index in [0.717, 1.165) is 30.5 Å². The zero-order valence-electron chi connectivity index (χ0n) is 17.0. The van der Waals surface area contributed by atoms with E-state index in [0.29, 0.717) is 36.5 Å². The average molecular weight is 441 g/mol. The van der Waals surface area contributed by atoms with Crippen molar-refractivity contribution in [2.45, 2.75) is 37.0 Å². The number of tetrazole rings is 1. The average Bonchev–Trinajstić information content (AvgIpc) is 3.34. The standard InChI is InChI=1S/C21H24N6O3S/c28-21(23-18-7-9-19(10-8-18)27-16-22-24-25-27)13-6-17-4-11-20(12-5-17)31(29,30)26-14-2-1-3-15-26/h4-5,7-12,16H,1-3,6,13-15H2,(H,23,28). The number of benzene rings is 2. The molecule has 0 saturated carbocycles. The van der Waals surface area contributed by atoms with Crippen LogP contribution >= 0.6 is 0 Å². The molecule has 1 fully saturated rings. The predicted octanol–water partition coefficient (Wildman–Crippen LogP) is 2.41. The van der Waals surface area contributed by atoms with Crippen LogP contribution in [0.2, 0.25) is 0 Å². The number of sulfonamides is 1. The zero-order valence-corrected chi connectivity index (χ0v) is 17.8. The lowest BCUT2D eigenvalue weighted by atomic mass is 10.1. The number of rotatable bonds is 7. The molecule has 1 aliphatic heterocycles. The van der Waals surface area contributed by atoms with Gasteiger partial charge in [0.2, 0.25) is 15.9 Å². The van der Waals surface area contributed by atoms with Crippen LogP contribution in [0.15, 0.2) is 59.8 Å². The van der Waals surface area contributed by atoms with E-state index in [1.807, 2.05) is 12.1 Å². The number of nitrogens with one attached hydrogen (secondary N) is 1. The van der Waals surface area contributed by atoms with E-state index in [9.17, 15) is 13.2 Å². The summed E-state index contributed by atoms with van der Waals surface area (Å²) in [7, 11) is -3.43. The fourth-order valence-electron chi connectivity index (χ4n) is 3.54. The van der Waals surface area contributed by atoms with Crippen molar-refractivity contribution < 1.29 is 13.2 Å². The minimum atomic E-state index is -3.43. The van der Waals surface area contributed by atoms with Gasteiger partial charge in [-0.15, -0.1) is 5.10 Å². The van der Waals surface area contributed by atoms with Gasteiger partial charge in [-0.2, -0.15) is 4.31 Å². The lowest BCUT2D eigenvalue weighted by Crippen LogP contribution is -2.35. The first-order valence-corrected chi connectivity index (χ1v) is 11.7. The molecule has 1 aromatic heterocycles. The van der Waals surface area contributed by atoms with Crippen LogP contribution in [0, 0.1) is 0 Å². The number of hydrogen-bond acceptors (Lipinski definition) is 6. The predicted molar refractivity (Wildman–Crippen MR) is 115 cm³/mol. The molecule has 0 unspecified atom stereocenters. The van der Waals surface area contributed by atoms with E-state index in [1.165, 1.54) is 11.0 Å². The molecule has 31 heavy (non-hydrogen) atoms. The number of hydrogen-bond donors (Lipinski definition) is 1. The molecule has 10 heteroatoms. The van der Waals surface area contributed by atoms with Gasteiger partial charge in [-0.1, -0.05) is 18.6 Å². The van der Waals surface area contributed by atoms with E-state index >= 15 is 0 Å². The van der Waals surface area contributed by atoms with Crippen LogP contribution in [-0.4, -0.2) is 51.9 Å². The van der Waals surface area contributed by atoms with E-state index < -0.39 is 10.0 Å². The van der Waals surface area contributed by atoms with Gasteiger partial charge in [0.05, 0.1) is 10.6 Å². The minimum absolute atomic E-state index is 0.111. The second-order valence-electron chi connectivity index (χ2n) is 7.46. The lowest BCUT2D eigenvalue weighted by molar-refractivity contribution is -0.116. The van der Waals surface area contributed by atoms with E-state index in [2.05, 4.69) is 20.8 Å². The van der Waals surface area contributed by atoms with Crippen LogP contribution in [0.1, 0.15) is 31.2 Å². The van der Waals surface area contributed by atoms with Crippen molar-refractivity contribution in [3.05, 3.63) is 60.4 Å². The largest absolute Gasteiger partial charge is 0.326 e. The smallest absolute Gasteiger partial charge is 0.243 e. The van der Waals surface area contributed by atoms with Gasteiger partial charge in [-0.05, 0) is 71.7 Å². The molecule has 0 radical (unpaired) electrons. The SMILES string of the molecule is O=C(CCc1ccc(S(=O)(=O)N2CCCCC2)cc1)Nc1ccc(-n2cnnn2)cc1. The molecule has 2 heterocycles. The van der Waals surface area contributed by atoms with Crippen LogP contribution in [0.3, 0.4) is 0 Å². The van der Waals surface area contributed by atoms with Gasteiger partial charge in [0.15, 0.2) is 0 Å². The van der Waals surface area contributed by atoms with Crippen molar-refractivity contribution in [3.8, 4) is 5.69 Å². The summed E-state index contributed by atoms with van der Waals surface area (Å²) >= 11 is 0. The Morgan fingerprint density at radius 2 is 1.68 bits per heavy atom. The molecule has 0 spiro atoms. The summed E-state index contributed by atoms with van der Waals surface area (Å²) in [6.45, 7) is 1.17. The van der Waals surface area contributed by atoms with Gasteiger partial charge in [-0.3, -0.25) is 4.79 Å². The Morgan fingerprint density at radius 3 is 2.32 bits per heavy atom. The highest BCUT2D eigenvalue weighted by atomic mass is 32.2. The fraction of sp³-hybridized carbons (Fsp3) is 0.333. The van der Waals surface area contributed by atoms with Gasteiger partial charge >= 0.3 is 0 Å². The first-order valence-electron chi connectivity index (χ1n) is 10.2. The quantitative estimate of drug-likeness (QED) is 0.604. The third-order valence-electron chi connectivity index (χ3n) is 5.28. The number of piperidine rings is 1. The summed E-state index contributed by atoms with van der Waals surface area (Å²) in [5.41, 5.74) is 2.40. The minimum Gasteiger partial charge on any atom is -0.326 e. The highest BCUT2D eigenvalue weighted by Crippen LogP contribution is 2.21. The molecule has 1 N–H and O–H groups in total. The second kappa shape index (κ2) is 9.36. The van der Waals surface area contributed by atoms with Crippen molar-refractivity contribution in [2.75, 3.05) is 18.4 Å². The molecular weight excluding hydrogens is 416 g/mol. The Hall–Kier alpha value is -3.11. The summed E-state index contributed by atoms with van der Waals surface area (Å²) in [5.74, 6) is -0.111. The third-order valence-corrected chi connectivity index (χ3v) is 7.19. The molecule has 0 atom stereocenters. The zero-order chi connectivity index (χ0) is 21.7. The topological polar surface area (TPSA) is 110 Å². The number of aromatic nitrogens is 4. The molecule has 3 aromatic rings. The molecule has 0 bridgehead atoms. The normalized spacial score (nSPS) is 15.0. The Morgan fingerprint density at radius 1 is 0.968 bits per heavy atom. The van der Waals surface area contributed by atoms with Crippen molar-refractivity contribution in [1.29, 1.82) is 0 Å².